The Kier molecular flexibility index (Phi) is 3.59. The molecule has 0 aromatic carbocycles. The van der Waals surface area contributed by atoms with Crippen LogP contribution >= 0.6 is 0 Å². The summed E-state index contributed by atoms with van der Waals surface area (Å²) in [5.74, 6) is -3.67. The Labute approximate surface area is 85.2 Å². The summed E-state index contributed by atoms with van der Waals surface area (Å²) in [7, 11) is 0. The van der Waals surface area contributed by atoms with Gasteiger partial charge in [0, 0.05) is 6.42 Å². The van der Waals surface area contributed by atoms with Gasteiger partial charge in [0.2, 0.25) is 0 Å². The molecule has 0 amide bonds. The molecule has 3 nitrogen and oxygen atoms in total. The topological polar surface area (TPSA) is 46.5 Å². The highest BCUT2D eigenvalue weighted by atomic mass is 19.4. The zero-order valence-corrected chi connectivity index (χ0v) is 8.25. The van der Waals surface area contributed by atoms with E-state index in [1.165, 1.54) is 6.92 Å². The second kappa shape index (κ2) is 4.38. The molecule has 1 aliphatic heterocycles. The number of hydrogen-bond acceptors (Lipinski definition) is 3. The molecule has 0 unspecified atom stereocenters. The summed E-state index contributed by atoms with van der Waals surface area (Å²) < 4.78 is 42.1. The van der Waals surface area contributed by atoms with Gasteiger partial charge in [-0.3, -0.25) is 4.79 Å². The van der Waals surface area contributed by atoms with E-state index in [0.717, 1.165) is 0 Å². The molecular weight excluding hydrogens is 213 g/mol. The monoisotopic (exact) mass is 226 g/mol. The maximum atomic E-state index is 12.5. The number of rotatable bonds is 3. The molecule has 1 fully saturated rings. The van der Waals surface area contributed by atoms with Crippen LogP contribution in [0.2, 0.25) is 0 Å². The number of carbonyl (C=O) groups is 1. The zero-order chi connectivity index (χ0) is 11.6. The standard InChI is InChI=1S/C9H13F3O3/c1-2-7(9(10,11)12)6-3-5(4-13)15-8(6)14/h5-7,13H,2-4H2,1H3/t5-,6-,7+/m0/s1. The minimum absolute atomic E-state index is 0.0483. The number of aliphatic hydroxyl groups is 1. The lowest BCUT2D eigenvalue weighted by Gasteiger charge is -2.21. The summed E-state index contributed by atoms with van der Waals surface area (Å²) in [5, 5.41) is 8.70. The number of hydrogen-bond donors (Lipinski definition) is 1. The average molecular weight is 226 g/mol. The predicted octanol–water partition coefficient (Wildman–Crippen LogP) is 1.50. The molecule has 1 aliphatic rings. The third-order valence-corrected chi connectivity index (χ3v) is 2.65. The lowest BCUT2D eigenvalue weighted by molar-refractivity contribution is -0.193. The molecule has 0 aromatic heterocycles. The van der Waals surface area contributed by atoms with Crippen LogP contribution in [0.4, 0.5) is 13.2 Å². The maximum absolute atomic E-state index is 12.5. The number of aliphatic hydroxyl groups excluding tert-OH is 1. The molecule has 3 atom stereocenters. The third-order valence-electron chi connectivity index (χ3n) is 2.65. The van der Waals surface area contributed by atoms with Gasteiger partial charge in [0.05, 0.1) is 18.4 Å². The number of halogens is 3. The van der Waals surface area contributed by atoms with Gasteiger partial charge in [-0.1, -0.05) is 6.92 Å². The van der Waals surface area contributed by atoms with Crippen LogP contribution in [0.25, 0.3) is 0 Å². The number of cyclic esters (lactones) is 1. The predicted molar refractivity (Wildman–Crippen MR) is 44.9 cm³/mol. The lowest BCUT2D eigenvalue weighted by atomic mass is 9.87. The molecule has 1 saturated heterocycles. The van der Waals surface area contributed by atoms with Gasteiger partial charge in [0.1, 0.15) is 6.10 Å². The maximum Gasteiger partial charge on any atom is 0.392 e. The van der Waals surface area contributed by atoms with Crippen LogP contribution in [0.5, 0.6) is 0 Å². The van der Waals surface area contributed by atoms with E-state index in [9.17, 15) is 18.0 Å². The largest absolute Gasteiger partial charge is 0.460 e. The third kappa shape index (κ3) is 2.62. The summed E-state index contributed by atoms with van der Waals surface area (Å²) in [4.78, 5) is 11.2. The molecule has 6 heteroatoms. The van der Waals surface area contributed by atoms with Crippen molar-refractivity contribution in [2.45, 2.75) is 32.0 Å². The Morgan fingerprint density at radius 3 is 2.53 bits per heavy atom. The van der Waals surface area contributed by atoms with E-state index in [1.807, 2.05) is 0 Å². The van der Waals surface area contributed by atoms with E-state index < -0.39 is 36.7 Å². The SMILES string of the molecule is CC[C@H]([C@@H]1C[C@@H](CO)OC1=O)C(F)(F)F. The van der Waals surface area contributed by atoms with E-state index in [1.54, 1.807) is 0 Å². The highest BCUT2D eigenvalue weighted by Gasteiger charge is 2.50. The zero-order valence-electron chi connectivity index (χ0n) is 8.25. The molecule has 0 bridgehead atoms. The molecule has 0 radical (unpaired) electrons. The average Bonchev–Trinajstić information content (AvgIpc) is 2.46. The first-order chi connectivity index (χ1) is 6.90. The van der Waals surface area contributed by atoms with Crippen molar-refractivity contribution >= 4 is 5.97 Å². The molecule has 1 heterocycles. The van der Waals surface area contributed by atoms with Gasteiger partial charge >= 0.3 is 12.1 Å². The van der Waals surface area contributed by atoms with Gasteiger partial charge < -0.3 is 9.84 Å². The Morgan fingerprint density at radius 2 is 2.20 bits per heavy atom. The van der Waals surface area contributed by atoms with Crippen molar-refractivity contribution in [2.75, 3.05) is 6.61 Å². The van der Waals surface area contributed by atoms with E-state index in [0.29, 0.717) is 0 Å². The van der Waals surface area contributed by atoms with Crippen molar-refractivity contribution in [3.63, 3.8) is 0 Å². The van der Waals surface area contributed by atoms with Gasteiger partial charge in [-0.05, 0) is 6.42 Å². The van der Waals surface area contributed by atoms with Gasteiger partial charge in [-0.2, -0.15) is 13.2 Å². The summed E-state index contributed by atoms with van der Waals surface area (Å²) in [5.41, 5.74) is 0. The summed E-state index contributed by atoms with van der Waals surface area (Å²) in [6.07, 6.45) is -5.36. The van der Waals surface area contributed by atoms with Crippen LogP contribution in [-0.4, -0.2) is 30.0 Å². The molecule has 1 N–H and O–H groups in total. The molecule has 0 saturated carbocycles. The van der Waals surface area contributed by atoms with E-state index >= 15 is 0 Å². The number of alkyl halides is 3. The van der Waals surface area contributed by atoms with Crippen LogP contribution < -0.4 is 0 Å². The lowest BCUT2D eigenvalue weighted by Crippen LogP contribution is -2.32. The number of carbonyl (C=O) groups excluding carboxylic acids is 1. The number of esters is 1. The molecule has 1 rings (SSSR count). The highest BCUT2D eigenvalue weighted by Crippen LogP contribution is 2.40. The Bertz CT molecular complexity index is 239. The fraction of sp³-hybridized carbons (Fsp3) is 0.889. The van der Waals surface area contributed by atoms with Gasteiger partial charge in [-0.15, -0.1) is 0 Å². The van der Waals surface area contributed by atoms with Crippen molar-refractivity contribution in [2.24, 2.45) is 11.8 Å². The smallest absolute Gasteiger partial charge is 0.392 e. The summed E-state index contributed by atoms with van der Waals surface area (Å²) in [6, 6.07) is 0. The first-order valence-corrected chi connectivity index (χ1v) is 4.78. The molecule has 0 aliphatic carbocycles. The van der Waals surface area contributed by atoms with Gasteiger partial charge in [0.25, 0.3) is 0 Å². The summed E-state index contributed by atoms with van der Waals surface area (Å²) >= 11 is 0. The van der Waals surface area contributed by atoms with Crippen molar-refractivity contribution in [1.82, 2.24) is 0 Å². The molecule has 0 spiro atoms. The van der Waals surface area contributed by atoms with Crippen LogP contribution in [-0.2, 0) is 9.53 Å². The minimum Gasteiger partial charge on any atom is -0.460 e. The van der Waals surface area contributed by atoms with Crippen molar-refractivity contribution in [1.29, 1.82) is 0 Å². The van der Waals surface area contributed by atoms with Gasteiger partial charge in [0.15, 0.2) is 0 Å². The van der Waals surface area contributed by atoms with Crippen LogP contribution in [0, 0.1) is 11.8 Å². The van der Waals surface area contributed by atoms with Crippen molar-refractivity contribution in [3.8, 4) is 0 Å². The first kappa shape index (κ1) is 12.3. The van der Waals surface area contributed by atoms with Crippen LogP contribution in [0.3, 0.4) is 0 Å². The molecule has 0 aromatic rings. The Hall–Kier alpha value is -0.780. The fourth-order valence-electron chi connectivity index (χ4n) is 1.86. The summed E-state index contributed by atoms with van der Waals surface area (Å²) in [6.45, 7) is 0.967. The van der Waals surface area contributed by atoms with Gasteiger partial charge in [-0.25, -0.2) is 0 Å². The minimum atomic E-state index is -4.39. The van der Waals surface area contributed by atoms with E-state index in [4.69, 9.17) is 5.11 Å². The van der Waals surface area contributed by atoms with Crippen molar-refractivity contribution < 1.29 is 27.8 Å². The molecule has 88 valence electrons. The molecule has 15 heavy (non-hydrogen) atoms. The number of ether oxygens (including phenoxy) is 1. The highest BCUT2D eigenvalue weighted by molar-refractivity contribution is 5.75. The quantitative estimate of drug-likeness (QED) is 0.742. The first-order valence-electron chi connectivity index (χ1n) is 4.78. The second-order valence-electron chi connectivity index (χ2n) is 3.64. The Morgan fingerprint density at radius 1 is 1.60 bits per heavy atom. The fourth-order valence-corrected chi connectivity index (χ4v) is 1.86. The van der Waals surface area contributed by atoms with Crippen LogP contribution in [0.1, 0.15) is 19.8 Å². The normalized spacial score (nSPS) is 29.0. The Balaban J connectivity index is 2.74. The van der Waals surface area contributed by atoms with Crippen molar-refractivity contribution in [3.05, 3.63) is 0 Å². The molecular formula is C9H13F3O3. The van der Waals surface area contributed by atoms with E-state index in [-0.39, 0.29) is 12.8 Å². The van der Waals surface area contributed by atoms with E-state index in [2.05, 4.69) is 4.74 Å². The second-order valence-corrected chi connectivity index (χ2v) is 3.64. The van der Waals surface area contributed by atoms with Crippen LogP contribution in [0.15, 0.2) is 0 Å².